The fraction of sp³-hybridized carbons (Fsp3) is 0. The molecule has 3 rings (SSSR count). The van der Waals surface area contributed by atoms with Gasteiger partial charge in [-0.25, -0.2) is 4.98 Å². The maximum atomic E-state index is 11.2. The van der Waals surface area contributed by atoms with Gasteiger partial charge in [0.1, 0.15) is 6.33 Å². The number of para-hydroxylation sites is 2. The molecule has 2 aromatic carbocycles. The number of carbonyl (C=O) groups is 1. The Morgan fingerprint density at radius 1 is 1.20 bits per heavy atom. The Balaban J connectivity index is 2.24. The van der Waals surface area contributed by atoms with E-state index in [2.05, 4.69) is 4.98 Å². The first kappa shape index (κ1) is 12.0. The molecule has 6 heteroatoms. The Bertz CT molecular complexity index is 823. The third kappa shape index (κ3) is 1.83. The molecule has 0 aliphatic heterocycles. The highest BCUT2D eigenvalue weighted by Gasteiger charge is 2.13. The van der Waals surface area contributed by atoms with Crippen LogP contribution in [0.4, 0.5) is 5.69 Å². The van der Waals surface area contributed by atoms with Gasteiger partial charge < -0.3 is 0 Å². The van der Waals surface area contributed by atoms with Gasteiger partial charge >= 0.3 is 0 Å². The molecule has 0 atom stereocenters. The van der Waals surface area contributed by atoms with E-state index in [0.717, 1.165) is 11.0 Å². The zero-order valence-corrected chi connectivity index (χ0v) is 10.3. The van der Waals surface area contributed by atoms with Crippen molar-refractivity contribution in [1.29, 1.82) is 0 Å². The summed E-state index contributed by atoms with van der Waals surface area (Å²) >= 11 is 0. The van der Waals surface area contributed by atoms with Crippen molar-refractivity contribution in [1.82, 2.24) is 9.55 Å². The molecule has 20 heavy (non-hydrogen) atoms. The number of non-ortho nitro benzene ring substituents is 1. The highest BCUT2D eigenvalue weighted by Crippen LogP contribution is 2.23. The van der Waals surface area contributed by atoms with Crippen LogP contribution >= 0.6 is 0 Å². The summed E-state index contributed by atoms with van der Waals surface area (Å²) in [7, 11) is 0. The molecule has 0 aliphatic carbocycles. The van der Waals surface area contributed by atoms with E-state index in [1.54, 1.807) is 17.0 Å². The number of hydrogen-bond donors (Lipinski definition) is 0. The number of hydrogen-bond acceptors (Lipinski definition) is 4. The lowest BCUT2D eigenvalue weighted by Crippen LogP contribution is -1.99. The van der Waals surface area contributed by atoms with Gasteiger partial charge in [0.05, 0.1) is 21.6 Å². The maximum Gasteiger partial charge on any atom is 0.270 e. The van der Waals surface area contributed by atoms with Crippen LogP contribution in [0.1, 0.15) is 10.4 Å². The van der Waals surface area contributed by atoms with Gasteiger partial charge in [0.25, 0.3) is 5.69 Å². The zero-order valence-electron chi connectivity index (χ0n) is 10.3. The van der Waals surface area contributed by atoms with E-state index >= 15 is 0 Å². The molecule has 0 spiro atoms. The van der Waals surface area contributed by atoms with Crippen LogP contribution in [0.3, 0.4) is 0 Å². The number of aldehydes is 1. The maximum absolute atomic E-state index is 11.2. The van der Waals surface area contributed by atoms with Crippen molar-refractivity contribution < 1.29 is 9.72 Å². The number of imidazole rings is 1. The first-order valence-electron chi connectivity index (χ1n) is 5.87. The second-order valence-electron chi connectivity index (χ2n) is 4.22. The molecule has 98 valence electrons. The quantitative estimate of drug-likeness (QED) is 0.415. The Labute approximate surface area is 113 Å². The largest absolute Gasteiger partial charge is 0.298 e. The third-order valence-electron chi connectivity index (χ3n) is 3.06. The first-order chi connectivity index (χ1) is 9.70. The summed E-state index contributed by atoms with van der Waals surface area (Å²) in [6, 6.07) is 11.7. The molecule has 0 bridgehead atoms. The van der Waals surface area contributed by atoms with Crippen LogP contribution in [0, 0.1) is 10.1 Å². The summed E-state index contributed by atoms with van der Waals surface area (Å²) in [6.45, 7) is 0. The third-order valence-corrected chi connectivity index (χ3v) is 3.06. The molecule has 0 saturated carbocycles. The van der Waals surface area contributed by atoms with Crippen LogP contribution in [0.5, 0.6) is 0 Å². The molecule has 0 fully saturated rings. The number of nitro groups is 1. The Hall–Kier alpha value is -3.02. The molecule has 6 nitrogen and oxygen atoms in total. The Morgan fingerprint density at radius 3 is 2.75 bits per heavy atom. The minimum atomic E-state index is -0.525. The second-order valence-corrected chi connectivity index (χ2v) is 4.22. The summed E-state index contributed by atoms with van der Waals surface area (Å²) in [6.07, 6.45) is 2.20. The monoisotopic (exact) mass is 267 g/mol. The van der Waals surface area contributed by atoms with E-state index in [9.17, 15) is 14.9 Å². The summed E-state index contributed by atoms with van der Waals surface area (Å²) in [5, 5.41) is 10.7. The van der Waals surface area contributed by atoms with Crippen molar-refractivity contribution in [2.24, 2.45) is 0 Å². The highest BCUT2D eigenvalue weighted by atomic mass is 16.6. The lowest BCUT2D eigenvalue weighted by atomic mass is 10.1. The van der Waals surface area contributed by atoms with Gasteiger partial charge in [-0.15, -0.1) is 0 Å². The van der Waals surface area contributed by atoms with E-state index in [1.807, 2.05) is 24.3 Å². The SMILES string of the molecule is O=Cc1cc([N+](=O)[O-])ccc1-n1cnc2ccccc21. The minimum Gasteiger partial charge on any atom is -0.298 e. The average Bonchev–Trinajstić information content (AvgIpc) is 2.90. The average molecular weight is 267 g/mol. The molecule has 0 N–H and O–H groups in total. The predicted octanol–water partition coefficient (Wildman–Crippen LogP) is 2.75. The van der Waals surface area contributed by atoms with E-state index < -0.39 is 4.92 Å². The Kier molecular flexibility index (Phi) is 2.76. The number of fused-ring (bicyclic) bond motifs is 1. The molecule has 3 aromatic rings. The molecule has 1 heterocycles. The summed E-state index contributed by atoms with van der Waals surface area (Å²) in [5.41, 5.74) is 2.34. The van der Waals surface area contributed by atoms with Crippen molar-refractivity contribution in [2.45, 2.75) is 0 Å². The molecular weight excluding hydrogens is 258 g/mol. The van der Waals surface area contributed by atoms with Gasteiger partial charge in [-0.3, -0.25) is 19.5 Å². The molecule has 0 saturated heterocycles. The lowest BCUT2D eigenvalue weighted by Gasteiger charge is -2.07. The summed E-state index contributed by atoms with van der Waals surface area (Å²) in [4.78, 5) is 25.6. The minimum absolute atomic E-state index is 0.111. The smallest absolute Gasteiger partial charge is 0.270 e. The Morgan fingerprint density at radius 2 is 2.00 bits per heavy atom. The van der Waals surface area contributed by atoms with E-state index in [1.165, 1.54) is 12.1 Å². The molecule has 0 aliphatic rings. The van der Waals surface area contributed by atoms with E-state index in [0.29, 0.717) is 12.0 Å². The normalized spacial score (nSPS) is 10.6. The molecular formula is C14H9N3O3. The molecule has 1 aromatic heterocycles. The van der Waals surface area contributed by atoms with Gasteiger partial charge in [-0.1, -0.05) is 12.1 Å². The number of benzene rings is 2. The van der Waals surface area contributed by atoms with Crippen molar-refractivity contribution in [2.75, 3.05) is 0 Å². The topological polar surface area (TPSA) is 78.0 Å². The standard InChI is InChI=1S/C14H9N3O3/c18-8-10-7-11(17(19)20)5-6-13(10)16-9-15-12-3-1-2-4-14(12)16/h1-9H. The molecule has 0 radical (unpaired) electrons. The second kappa shape index (κ2) is 4.58. The van der Waals surface area contributed by atoms with Crippen LogP contribution < -0.4 is 0 Å². The van der Waals surface area contributed by atoms with E-state index in [-0.39, 0.29) is 11.3 Å². The number of carbonyl (C=O) groups excluding carboxylic acids is 1. The number of nitro benzene ring substituents is 1. The van der Waals surface area contributed by atoms with Crippen molar-refractivity contribution >= 4 is 23.0 Å². The van der Waals surface area contributed by atoms with Crippen LogP contribution in [-0.4, -0.2) is 20.8 Å². The van der Waals surface area contributed by atoms with Crippen LogP contribution in [-0.2, 0) is 0 Å². The van der Waals surface area contributed by atoms with Crippen molar-refractivity contribution in [3.8, 4) is 5.69 Å². The van der Waals surface area contributed by atoms with Crippen LogP contribution in [0.15, 0.2) is 48.8 Å². The van der Waals surface area contributed by atoms with Gasteiger partial charge in [0, 0.05) is 17.7 Å². The van der Waals surface area contributed by atoms with Gasteiger partial charge in [-0.05, 0) is 18.2 Å². The summed E-state index contributed by atoms with van der Waals surface area (Å²) in [5.74, 6) is 0. The van der Waals surface area contributed by atoms with Gasteiger partial charge in [-0.2, -0.15) is 0 Å². The fourth-order valence-electron chi connectivity index (χ4n) is 2.12. The first-order valence-corrected chi connectivity index (χ1v) is 5.87. The molecule has 0 unspecified atom stereocenters. The number of nitrogens with zero attached hydrogens (tertiary/aromatic N) is 3. The zero-order chi connectivity index (χ0) is 14.1. The lowest BCUT2D eigenvalue weighted by molar-refractivity contribution is -0.384. The van der Waals surface area contributed by atoms with Crippen molar-refractivity contribution in [3.63, 3.8) is 0 Å². The van der Waals surface area contributed by atoms with Crippen molar-refractivity contribution in [3.05, 3.63) is 64.5 Å². The highest BCUT2D eigenvalue weighted by molar-refractivity contribution is 5.85. The van der Waals surface area contributed by atoms with Gasteiger partial charge in [0.2, 0.25) is 0 Å². The number of aromatic nitrogens is 2. The predicted molar refractivity (Wildman–Crippen MR) is 73.1 cm³/mol. The van der Waals surface area contributed by atoms with E-state index in [4.69, 9.17) is 0 Å². The number of rotatable bonds is 3. The van der Waals surface area contributed by atoms with Crippen LogP contribution in [0.25, 0.3) is 16.7 Å². The molecule has 0 amide bonds. The summed E-state index contributed by atoms with van der Waals surface area (Å²) < 4.78 is 1.74. The van der Waals surface area contributed by atoms with Crippen LogP contribution in [0.2, 0.25) is 0 Å². The van der Waals surface area contributed by atoms with Gasteiger partial charge in [0.15, 0.2) is 6.29 Å². The fourth-order valence-corrected chi connectivity index (χ4v) is 2.12.